The van der Waals surface area contributed by atoms with Crippen LogP contribution in [-0.2, 0) is 16.0 Å². The predicted octanol–water partition coefficient (Wildman–Crippen LogP) is 6.94. The van der Waals surface area contributed by atoms with E-state index in [1.165, 1.54) is 36.4 Å². The summed E-state index contributed by atoms with van der Waals surface area (Å²) in [5.41, 5.74) is 1.14. The first-order valence-corrected chi connectivity index (χ1v) is 10.6. The van der Waals surface area contributed by atoms with E-state index >= 15 is 0 Å². The molecule has 0 heterocycles. The van der Waals surface area contributed by atoms with Crippen molar-refractivity contribution in [2.24, 2.45) is 0 Å². The van der Waals surface area contributed by atoms with Crippen LogP contribution in [-0.4, -0.2) is 18.5 Å². The smallest absolute Gasteiger partial charge is 0.310 e. The molecule has 1 N–H and O–H groups in total. The Kier molecular flexibility index (Phi) is 7.96. The number of ether oxygens (including phenoxy) is 2. The Morgan fingerprint density at radius 2 is 1.66 bits per heavy atom. The van der Waals surface area contributed by atoms with Crippen molar-refractivity contribution in [2.45, 2.75) is 13.3 Å². The molecule has 0 unspecified atom stereocenters. The number of hydrogen-bond donors (Lipinski definition) is 1. The van der Waals surface area contributed by atoms with Crippen LogP contribution < -0.4 is 10.1 Å². The summed E-state index contributed by atoms with van der Waals surface area (Å²) in [5, 5.41) is 3.35. The maximum atomic E-state index is 14.6. The summed E-state index contributed by atoms with van der Waals surface area (Å²) in [6.45, 7) is 2.01. The van der Waals surface area contributed by atoms with E-state index in [-0.39, 0.29) is 51.8 Å². The van der Waals surface area contributed by atoms with E-state index in [1.54, 1.807) is 19.1 Å². The van der Waals surface area contributed by atoms with Crippen molar-refractivity contribution >= 4 is 52.4 Å². The van der Waals surface area contributed by atoms with E-state index in [2.05, 4.69) is 5.32 Å². The number of carbonyl (C=O) groups excluding carboxylic acids is 2. The lowest BCUT2D eigenvalue weighted by Gasteiger charge is -2.12. The lowest BCUT2D eigenvalue weighted by molar-refractivity contribution is -0.142. The number of carbonyl (C=O) groups is 2. The van der Waals surface area contributed by atoms with Gasteiger partial charge in [0.15, 0.2) is 11.6 Å². The number of hydrogen-bond acceptors (Lipinski definition) is 4. The molecule has 0 radical (unpaired) electrons. The lowest BCUT2D eigenvalue weighted by Crippen LogP contribution is -2.12. The van der Waals surface area contributed by atoms with E-state index in [9.17, 15) is 14.0 Å². The molecule has 3 aromatic rings. The molecular weight excluding hydrogens is 480 g/mol. The molecule has 0 atom stereocenters. The summed E-state index contributed by atoms with van der Waals surface area (Å²) < 4.78 is 25.0. The van der Waals surface area contributed by atoms with Gasteiger partial charge in [-0.05, 0) is 55.0 Å². The van der Waals surface area contributed by atoms with Gasteiger partial charge in [0.05, 0.1) is 28.1 Å². The minimum Gasteiger partial charge on any atom is -0.466 e. The minimum atomic E-state index is -0.705. The number of esters is 1. The van der Waals surface area contributed by atoms with Gasteiger partial charge in [0, 0.05) is 17.3 Å². The van der Waals surface area contributed by atoms with Gasteiger partial charge in [-0.2, -0.15) is 0 Å². The van der Waals surface area contributed by atoms with Crippen molar-refractivity contribution in [3.8, 4) is 11.5 Å². The van der Waals surface area contributed by atoms with Crippen LogP contribution in [0, 0.1) is 5.82 Å². The molecular formula is C23H17Cl3FNO4. The number of benzene rings is 3. The molecule has 0 saturated heterocycles. The third kappa shape index (κ3) is 6.13. The Balaban J connectivity index is 1.69. The van der Waals surface area contributed by atoms with Crippen LogP contribution in [0.25, 0.3) is 0 Å². The fourth-order valence-electron chi connectivity index (χ4n) is 2.74. The number of halogens is 4. The van der Waals surface area contributed by atoms with Crippen LogP contribution in [0.1, 0.15) is 22.8 Å². The van der Waals surface area contributed by atoms with Crippen molar-refractivity contribution in [1.82, 2.24) is 0 Å². The Bertz CT molecular complexity index is 1170. The second kappa shape index (κ2) is 10.7. The molecule has 0 bridgehead atoms. The topological polar surface area (TPSA) is 64.6 Å². The van der Waals surface area contributed by atoms with E-state index in [0.717, 1.165) is 6.07 Å². The lowest BCUT2D eigenvalue weighted by atomic mass is 10.1. The summed E-state index contributed by atoms with van der Waals surface area (Å²) >= 11 is 18.0. The van der Waals surface area contributed by atoms with Gasteiger partial charge >= 0.3 is 5.97 Å². The van der Waals surface area contributed by atoms with E-state index in [4.69, 9.17) is 44.3 Å². The van der Waals surface area contributed by atoms with E-state index in [0.29, 0.717) is 10.6 Å². The van der Waals surface area contributed by atoms with Gasteiger partial charge in [-0.3, -0.25) is 9.59 Å². The van der Waals surface area contributed by atoms with Crippen LogP contribution in [0.5, 0.6) is 11.5 Å². The summed E-state index contributed by atoms with van der Waals surface area (Å²) in [6.07, 6.45) is 0.0649. The molecule has 0 saturated carbocycles. The summed E-state index contributed by atoms with van der Waals surface area (Å²) in [7, 11) is 0. The molecule has 5 nitrogen and oxygen atoms in total. The minimum absolute atomic E-state index is 0.0649. The molecule has 0 aliphatic rings. The van der Waals surface area contributed by atoms with Crippen molar-refractivity contribution in [3.63, 3.8) is 0 Å². The molecule has 0 aliphatic carbocycles. The molecule has 0 aromatic heterocycles. The molecule has 0 fully saturated rings. The number of amides is 1. The summed E-state index contributed by atoms with van der Waals surface area (Å²) in [6, 6.07) is 13.1. The molecule has 166 valence electrons. The monoisotopic (exact) mass is 495 g/mol. The fourth-order valence-corrected chi connectivity index (χ4v) is 3.28. The standard InChI is InChI=1S/C23H17Cl3FNO4/c1-2-31-22(29)10-13-3-7-20(18(26)9-13)32-21-8-5-15(12-19(21)27)28-23(30)14-4-6-16(24)17(25)11-14/h3-9,11-12H,2,10H2,1H3,(H,28,30). The number of nitrogens with one attached hydrogen (secondary N) is 1. The maximum absolute atomic E-state index is 14.6. The zero-order valence-electron chi connectivity index (χ0n) is 16.8. The largest absolute Gasteiger partial charge is 0.466 e. The first-order valence-electron chi connectivity index (χ1n) is 9.44. The summed E-state index contributed by atoms with van der Waals surface area (Å²) in [4.78, 5) is 23.9. The van der Waals surface area contributed by atoms with Crippen molar-refractivity contribution in [2.75, 3.05) is 11.9 Å². The molecule has 32 heavy (non-hydrogen) atoms. The number of rotatable bonds is 7. The molecule has 0 aliphatic heterocycles. The third-order valence-electron chi connectivity index (χ3n) is 4.24. The van der Waals surface area contributed by atoms with Crippen LogP contribution in [0.3, 0.4) is 0 Å². The Morgan fingerprint density at radius 1 is 0.906 bits per heavy atom. The highest BCUT2D eigenvalue weighted by molar-refractivity contribution is 6.42. The normalized spacial score (nSPS) is 10.5. The Morgan fingerprint density at radius 3 is 2.31 bits per heavy atom. The van der Waals surface area contributed by atoms with Gasteiger partial charge in [-0.15, -0.1) is 0 Å². The van der Waals surface area contributed by atoms with Gasteiger partial charge in [-0.25, -0.2) is 4.39 Å². The first kappa shape index (κ1) is 23.9. The van der Waals surface area contributed by atoms with Crippen LogP contribution in [0.2, 0.25) is 15.1 Å². The molecule has 0 spiro atoms. The second-order valence-electron chi connectivity index (χ2n) is 6.58. The van der Waals surface area contributed by atoms with Crippen molar-refractivity contribution in [3.05, 3.63) is 86.6 Å². The van der Waals surface area contributed by atoms with Crippen molar-refractivity contribution in [1.29, 1.82) is 0 Å². The summed E-state index contributed by atoms with van der Waals surface area (Å²) in [5.74, 6) is -1.43. The molecule has 3 rings (SSSR count). The van der Waals surface area contributed by atoms with Crippen LogP contribution in [0.15, 0.2) is 54.6 Å². The van der Waals surface area contributed by atoms with Crippen LogP contribution in [0.4, 0.5) is 10.1 Å². The van der Waals surface area contributed by atoms with Crippen LogP contribution >= 0.6 is 34.8 Å². The average molecular weight is 497 g/mol. The quantitative estimate of drug-likeness (QED) is 0.360. The fraction of sp³-hybridized carbons (Fsp3) is 0.130. The predicted molar refractivity (Wildman–Crippen MR) is 123 cm³/mol. The molecule has 1 amide bonds. The zero-order valence-corrected chi connectivity index (χ0v) is 19.0. The van der Waals surface area contributed by atoms with Gasteiger partial charge in [0.2, 0.25) is 0 Å². The second-order valence-corrected chi connectivity index (χ2v) is 7.80. The average Bonchev–Trinajstić information content (AvgIpc) is 2.73. The molecule has 3 aromatic carbocycles. The zero-order chi connectivity index (χ0) is 23.3. The highest BCUT2D eigenvalue weighted by Gasteiger charge is 2.13. The number of anilines is 1. The van der Waals surface area contributed by atoms with Gasteiger partial charge in [-0.1, -0.05) is 40.9 Å². The van der Waals surface area contributed by atoms with E-state index in [1.807, 2.05) is 0 Å². The van der Waals surface area contributed by atoms with Gasteiger partial charge < -0.3 is 14.8 Å². The van der Waals surface area contributed by atoms with Gasteiger partial charge in [0.25, 0.3) is 5.91 Å². The maximum Gasteiger partial charge on any atom is 0.310 e. The SMILES string of the molecule is CCOC(=O)Cc1ccc(Oc2ccc(NC(=O)c3ccc(Cl)c(Cl)c3)cc2F)c(Cl)c1. The highest BCUT2D eigenvalue weighted by atomic mass is 35.5. The van der Waals surface area contributed by atoms with Gasteiger partial charge in [0.1, 0.15) is 5.75 Å². The Labute approximate surface area is 199 Å². The highest BCUT2D eigenvalue weighted by Crippen LogP contribution is 2.33. The first-order chi connectivity index (χ1) is 15.3. The van der Waals surface area contributed by atoms with Crippen molar-refractivity contribution < 1.29 is 23.5 Å². The molecule has 9 heteroatoms. The van der Waals surface area contributed by atoms with E-state index < -0.39 is 11.7 Å². The third-order valence-corrected chi connectivity index (χ3v) is 5.28. The Hall–Kier alpha value is -2.80.